The Balaban J connectivity index is 1.18. The highest BCUT2D eigenvalue weighted by Crippen LogP contribution is 2.26. The summed E-state index contributed by atoms with van der Waals surface area (Å²) in [5, 5.41) is 3.71. The Bertz CT molecular complexity index is 1410. The van der Waals surface area contributed by atoms with E-state index in [1.807, 2.05) is 36.1 Å². The Hall–Kier alpha value is -4.27. The van der Waals surface area contributed by atoms with Crippen LogP contribution in [0.5, 0.6) is 0 Å². The number of aromatic nitrogens is 1. The highest BCUT2D eigenvalue weighted by Gasteiger charge is 2.24. The molecule has 1 aliphatic rings. The maximum atomic E-state index is 13.9. The zero-order valence-corrected chi connectivity index (χ0v) is 19.6. The molecular formula is C27H24F2N4O3. The fourth-order valence-corrected chi connectivity index (χ4v) is 4.38. The summed E-state index contributed by atoms with van der Waals surface area (Å²) in [4.78, 5) is 33.4. The van der Waals surface area contributed by atoms with Crippen molar-refractivity contribution in [3.05, 3.63) is 89.3 Å². The average molecular weight is 491 g/mol. The molecule has 9 heteroatoms. The minimum absolute atomic E-state index is 0.206. The van der Waals surface area contributed by atoms with Gasteiger partial charge < -0.3 is 19.5 Å². The molecule has 184 valence electrons. The SMILES string of the molecule is Cc1c(C(=O)Nc2ccc(N3CCN(C(=O)Cc4c(F)cccc4F)CC3)nc2)oc2ccccc12. The Labute approximate surface area is 206 Å². The van der Waals surface area contributed by atoms with Gasteiger partial charge >= 0.3 is 0 Å². The predicted octanol–water partition coefficient (Wildman–Crippen LogP) is 4.56. The number of pyridine rings is 1. The van der Waals surface area contributed by atoms with Gasteiger partial charge in [-0.15, -0.1) is 0 Å². The first kappa shape index (κ1) is 23.5. The Morgan fingerprint density at radius 1 is 0.972 bits per heavy atom. The fraction of sp³-hybridized carbons (Fsp3) is 0.222. The lowest BCUT2D eigenvalue weighted by atomic mass is 10.1. The number of para-hydroxylation sites is 1. The Kier molecular flexibility index (Phi) is 6.37. The topological polar surface area (TPSA) is 78.7 Å². The molecule has 0 atom stereocenters. The van der Waals surface area contributed by atoms with Gasteiger partial charge in [0, 0.05) is 42.7 Å². The molecule has 0 unspecified atom stereocenters. The normalized spacial score (nSPS) is 13.8. The number of amides is 2. The summed E-state index contributed by atoms with van der Waals surface area (Å²) in [6.45, 7) is 3.74. The molecule has 2 aromatic heterocycles. The van der Waals surface area contributed by atoms with Gasteiger partial charge in [0.1, 0.15) is 23.0 Å². The van der Waals surface area contributed by atoms with Crippen LogP contribution in [0.1, 0.15) is 21.7 Å². The van der Waals surface area contributed by atoms with E-state index in [0.717, 1.165) is 23.1 Å². The third-order valence-electron chi connectivity index (χ3n) is 6.40. The molecule has 0 aliphatic carbocycles. The van der Waals surface area contributed by atoms with Crippen LogP contribution >= 0.6 is 0 Å². The largest absolute Gasteiger partial charge is 0.451 e. The average Bonchev–Trinajstić information content (AvgIpc) is 3.23. The summed E-state index contributed by atoms with van der Waals surface area (Å²) in [6, 6.07) is 14.6. The minimum atomic E-state index is -0.714. The van der Waals surface area contributed by atoms with Gasteiger partial charge in [-0.1, -0.05) is 24.3 Å². The minimum Gasteiger partial charge on any atom is -0.451 e. The smallest absolute Gasteiger partial charge is 0.291 e. The van der Waals surface area contributed by atoms with Crippen LogP contribution in [0.4, 0.5) is 20.3 Å². The van der Waals surface area contributed by atoms with E-state index in [-0.39, 0.29) is 29.6 Å². The molecule has 1 fully saturated rings. The first-order valence-electron chi connectivity index (χ1n) is 11.6. The van der Waals surface area contributed by atoms with Crippen LogP contribution < -0.4 is 10.2 Å². The molecule has 0 spiro atoms. The molecule has 4 aromatic rings. The number of carbonyl (C=O) groups is 2. The number of rotatable bonds is 5. The van der Waals surface area contributed by atoms with Gasteiger partial charge in [-0.25, -0.2) is 13.8 Å². The second-order valence-corrected chi connectivity index (χ2v) is 8.66. The third-order valence-corrected chi connectivity index (χ3v) is 6.40. The number of hydrogen-bond donors (Lipinski definition) is 1. The first-order chi connectivity index (χ1) is 17.4. The van der Waals surface area contributed by atoms with E-state index in [1.165, 1.54) is 6.07 Å². The van der Waals surface area contributed by atoms with Crippen LogP contribution in [0.25, 0.3) is 11.0 Å². The Morgan fingerprint density at radius 2 is 1.69 bits per heavy atom. The van der Waals surface area contributed by atoms with Crippen LogP contribution in [0.2, 0.25) is 0 Å². The molecule has 3 heterocycles. The molecule has 5 rings (SSSR count). The molecule has 0 saturated carbocycles. The molecule has 0 bridgehead atoms. The van der Waals surface area contributed by atoms with E-state index in [9.17, 15) is 18.4 Å². The number of nitrogens with zero attached hydrogens (tertiary/aromatic N) is 3. The van der Waals surface area contributed by atoms with Crippen LogP contribution in [0.3, 0.4) is 0 Å². The van der Waals surface area contributed by atoms with Crippen LogP contribution in [0, 0.1) is 18.6 Å². The standard InChI is InChI=1S/C27H24F2N4O3/c1-17-19-5-2-3-8-23(19)36-26(17)27(35)31-18-9-10-24(30-16-18)32-11-13-33(14-12-32)25(34)15-20-21(28)6-4-7-22(20)29/h2-10,16H,11-15H2,1H3,(H,31,35). The number of aryl methyl sites for hydroxylation is 1. The Morgan fingerprint density at radius 3 is 2.36 bits per heavy atom. The van der Waals surface area contributed by atoms with E-state index in [2.05, 4.69) is 10.3 Å². The highest BCUT2D eigenvalue weighted by molar-refractivity contribution is 6.06. The molecule has 1 saturated heterocycles. The summed E-state index contributed by atoms with van der Waals surface area (Å²) in [7, 11) is 0. The van der Waals surface area contributed by atoms with Crippen LogP contribution in [-0.4, -0.2) is 47.9 Å². The molecule has 0 radical (unpaired) electrons. The van der Waals surface area contributed by atoms with Crippen molar-refractivity contribution in [1.82, 2.24) is 9.88 Å². The monoisotopic (exact) mass is 490 g/mol. The number of piperazine rings is 1. The lowest BCUT2D eigenvalue weighted by molar-refractivity contribution is -0.130. The molecule has 7 nitrogen and oxygen atoms in total. The summed E-state index contributed by atoms with van der Waals surface area (Å²) in [5.74, 6) is -1.12. The molecule has 2 aromatic carbocycles. The van der Waals surface area contributed by atoms with Gasteiger partial charge in [-0.3, -0.25) is 9.59 Å². The second kappa shape index (κ2) is 9.77. The van der Waals surface area contributed by atoms with Gasteiger partial charge in [0.25, 0.3) is 5.91 Å². The number of benzene rings is 2. The van der Waals surface area contributed by atoms with Gasteiger partial charge in [0.05, 0.1) is 18.3 Å². The maximum absolute atomic E-state index is 13.9. The van der Waals surface area contributed by atoms with Crippen molar-refractivity contribution >= 4 is 34.3 Å². The van der Waals surface area contributed by atoms with Gasteiger partial charge in [-0.05, 0) is 37.3 Å². The summed E-state index contributed by atoms with van der Waals surface area (Å²) in [5.41, 5.74) is 1.76. The van der Waals surface area contributed by atoms with Crippen LogP contribution in [0.15, 0.2) is 65.2 Å². The van der Waals surface area contributed by atoms with Gasteiger partial charge in [-0.2, -0.15) is 0 Å². The van der Waals surface area contributed by atoms with Crippen molar-refractivity contribution in [3.63, 3.8) is 0 Å². The van der Waals surface area contributed by atoms with Crippen molar-refractivity contribution in [2.75, 3.05) is 36.4 Å². The van der Waals surface area contributed by atoms with Crippen molar-refractivity contribution in [1.29, 1.82) is 0 Å². The maximum Gasteiger partial charge on any atom is 0.291 e. The summed E-state index contributed by atoms with van der Waals surface area (Å²) >= 11 is 0. The zero-order chi connectivity index (χ0) is 25.2. The quantitative estimate of drug-likeness (QED) is 0.444. The lowest BCUT2D eigenvalue weighted by Gasteiger charge is -2.35. The van der Waals surface area contributed by atoms with Crippen molar-refractivity contribution < 1.29 is 22.8 Å². The van der Waals surface area contributed by atoms with E-state index >= 15 is 0 Å². The molecule has 2 amide bonds. The lowest BCUT2D eigenvalue weighted by Crippen LogP contribution is -2.49. The third kappa shape index (κ3) is 4.64. The first-order valence-corrected chi connectivity index (χ1v) is 11.6. The second-order valence-electron chi connectivity index (χ2n) is 8.66. The number of halogens is 2. The predicted molar refractivity (Wildman–Crippen MR) is 132 cm³/mol. The van der Waals surface area contributed by atoms with E-state index in [4.69, 9.17) is 4.42 Å². The van der Waals surface area contributed by atoms with Gasteiger partial charge in [0.2, 0.25) is 5.91 Å². The van der Waals surface area contributed by atoms with Crippen LogP contribution in [-0.2, 0) is 11.2 Å². The number of fused-ring (bicyclic) bond motifs is 1. The molecule has 36 heavy (non-hydrogen) atoms. The van der Waals surface area contributed by atoms with E-state index in [1.54, 1.807) is 23.2 Å². The van der Waals surface area contributed by atoms with Crippen molar-refractivity contribution in [3.8, 4) is 0 Å². The summed E-state index contributed by atoms with van der Waals surface area (Å²) in [6.07, 6.45) is 1.26. The number of carbonyl (C=O) groups excluding carboxylic acids is 2. The van der Waals surface area contributed by atoms with Crippen molar-refractivity contribution in [2.45, 2.75) is 13.3 Å². The van der Waals surface area contributed by atoms with Gasteiger partial charge in [0.15, 0.2) is 5.76 Å². The van der Waals surface area contributed by atoms with Crippen molar-refractivity contribution in [2.24, 2.45) is 0 Å². The fourth-order valence-electron chi connectivity index (χ4n) is 4.38. The number of nitrogens with one attached hydrogen (secondary N) is 1. The summed E-state index contributed by atoms with van der Waals surface area (Å²) < 4.78 is 33.5. The highest BCUT2D eigenvalue weighted by atomic mass is 19.1. The molecule has 1 aliphatic heterocycles. The number of hydrogen-bond acceptors (Lipinski definition) is 5. The molecular weight excluding hydrogens is 466 g/mol. The molecule has 1 N–H and O–H groups in total. The number of anilines is 2. The van der Waals surface area contributed by atoms with E-state index < -0.39 is 11.6 Å². The van der Waals surface area contributed by atoms with E-state index in [0.29, 0.717) is 43.3 Å². The number of furan rings is 1. The zero-order valence-electron chi connectivity index (χ0n) is 19.6.